The summed E-state index contributed by atoms with van der Waals surface area (Å²) in [4.78, 5) is 14.4. The molecule has 3 rings (SSSR count). The van der Waals surface area contributed by atoms with Gasteiger partial charge in [-0.3, -0.25) is 4.79 Å². The van der Waals surface area contributed by atoms with Gasteiger partial charge in [0.1, 0.15) is 11.6 Å². The summed E-state index contributed by atoms with van der Waals surface area (Å²) < 4.78 is 0. The first kappa shape index (κ1) is 17.1. The number of nitrogens with zero attached hydrogens (tertiary/aromatic N) is 1. The first-order valence-electron chi connectivity index (χ1n) is 8.77. The summed E-state index contributed by atoms with van der Waals surface area (Å²) in [5.74, 6) is 0.660. The average Bonchev–Trinajstić information content (AvgIpc) is 2.88. The Bertz CT molecular complexity index is 708. The van der Waals surface area contributed by atoms with E-state index >= 15 is 0 Å². The molecular formula is C20H24ClNO2. The lowest BCUT2D eigenvalue weighted by Crippen LogP contribution is -2.36. The number of anilines is 1. The van der Waals surface area contributed by atoms with Crippen molar-refractivity contribution in [2.24, 2.45) is 5.92 Å². The van der Waals surface area contributed by atoms with E-state index in [2.05, 4.69) is 0 Å². The number of amides is 1. The standard InChI is InChI=1S/C20H24ClNO2/c21-13-20(24)22(14-15-7-3-1-2-4-8-15)18-11-5-10-17-16(18)9-6-12-19(17)23/h5-6,9-12,15,23H,1-4,7-8,13-14H2. The molecule has 0 aromatic heterocycles. The Labute approximate surface area is 148 Å². The summed E-state index contributed by atoms with van der Waals surface area (Å²) in [5, 5.41) is 11.8. The number of alkyl halides is 1. The summed E-state index contributed by atoms with van der Waals surface area (Å²) in [5.41, 5.74) is 0.846. The van der Waals surface area contributed by atoms with Crippen LogP contribution in [0, 0.1) is 5.92 Å². The van der Waals surface area contributed by atoms with Crippen LogP contribution in [0.2, 0.25) is 0 Å². The Hall–Kier alpha value is -1.74. The molecule has 1 fully saturated rings. The molecule has 1 saturated carbocycles. The van der Waals surface area contributed by atoms with Gasteiger partial charge in [0.05, 0.1) is 5.69 Å². The Balaban J connectivity index is 1.97. The minimum absolute atomic E-state index is 0.0259. The molecule has 0 unspecified atom stereocenters. The van der Waals surface area contributed by atoms with Crippen molar-refractivity contribution >= 4 is 34.0 Å². The number of rotatable bonds is 4. The van der Waals surface area contributed by atoms with Crippen molar-refractivity contribution < 1.29 is 9.90 Å². The lowest BCUT2D eigenvalue weighted by molar-refractivity contribution is -0.116. The van der Waals surface area contributed by atoms with Crippen LogP contribution in [0.1, 0.15) is 38.5 Å². The quantitative estimate of drug-likeness (QED) is 0.619. The molecule has 3 nitrogen and oxygen atoms in total. The number of hydrogen-bond acceptors (Lipinski definition) is 2. The fourth-order valence-corrected chi connectivity index (χ4v) is 3.87. The van der Waals surface area contributed by atoms with Crippen molar-refractivity contribution in [1.29, 1.82) is 0 Å². The van der Waals surface area contributed by atoms with Crippen LogP contribution in [-0.2, 0) is 4.79 Å². The van der Waals surface area contributed by atoms with E-state index < -0.39 is 0 Å². The maximum Gasteiger partial charge on any atom is 0.241 e. The topological polar surface area (TPSA) is 40.5 Å². The summed E-state index contributed by atoms with van der Waals surface area (Å²) in [6, 6.07) is 11.2. The van der Waals surface area contributed by atoms with Gasteiger partial charge in [0.2, 0.25) is 5.91 Å². The number of benzene rings is 2. The van der Waals surface area contributed by atoms with Gasteiger partial charge in [0.15, 0.2) is 0 Å². The van der Waals surface area contributed by atoms with Gasteiger partial charge >= 0.3 is 0 Å². The SMILES string of the molecule is O=C(CCl)N(CC1CCCCCC1)c1cccc2c(O)cccc12. The van der Waals surface area contributed by atoms with Gasteiger partial charge in [-0.25, -0.2) is 0 Å². The number of hydrogen-bond donors (Lipinski definition) is 1. The summed E-state index contributed by atoms with van der Waals surface area (Å²) in [6.45, 7) is 0.709. The van der Waals surface area contributed by atoms with Gasteiger partial charge in [-0.15, -0.1) is 11.6 Å². The highest BCUT2D eigenvalue weighted by molar-refractivity contribution is 6.29. The fraction of sp³-hybridized carbons (Fsp3) is 0.450. The highest BCUT2D eigenvalue weighted by atomic mass is 35.5. The summed E-state index contributed by atoms with van der Waals surface area (Å²) in [7, 11) is 0. The predicted octanol–water partition coefficient (Wildman–Crippen LogP) is 5.09. The lowest BCUT2D eigenvalue weighted by atomic mass is 9.98. The third kappa shape index (κ3) is 3.67. The Morgan fingerprint density at radius 1 is 1.04 bits per heavy atom. The first-order valence-corrected chi connectivity index (χ1v) is 9.31. The normalized spacial score (nSPS) is 16.0. The summed E-state index contributed by atoms with van der Waals surface area (Å²) >= 11 is 5.89. The molecule has 0 heterocycles. The molecule has 2 aromatic rings. The van der Waals surface area contributed by atoms with Crippen LogP contribution in [0.25, 0.3) is 10.8 Å². The third-order valence-electron chi connectivity index (χ3n) is 5.00. The molecule has 128 valence electrons. The molecule has 0 bridgehead atoms. The van der Waals surface area contributed by atoms with Gasteiger partial charge in [0, 0.05) is 17.3 Å². The molecule has 4 heteroatoms. The van der Waals surface area contributed by atoms with Crippen molar-refractivity contribution in [1.82, 2.24) is 0 Å². The zero-order chi connectivity index (χ0) is 16.9. The minimum atomic E-state index is -0.0724. The zero-order valence-corrected chi connectivity index (χ0v) is 14.6. The van der Waals surface area contributed by atoms with Crippen molar-refractivity contribution in [2.75, 3.05) is 17.3 Å². The number of phenols is 1. The Morgan fingerprint density at radius 2 is 1.71 bits per heavy atom. The maximum atomic E-state index is 12.5. The van der Waals surface area contributed by atoms with Crippen LogP contribution < -0.4 is 4.90 Å². The van der Waals surface area contributed by atoms with Crippen LogP contribution in [0.15, 0.2) is 36.4 Å². The van der Waals surface area contributed by atoms with E-state index in [1.165, 1.54) is 38.5 Å². The van der Waals surface area contributed by atoms with Gasteiger partial charge in [-0.2, -0.15) is 0 Å². The number of aromatic hydroxyl groups is 1. The van der Waals surface area contributed by atoms with Crippen molar-refractivity contribution in [3.63, 3.8) is 0 Å². The van der Waals surface area contributed by atoms with Crippen molar-refractivity contribution in [3.05, 3.63) is 36.4 Å². The number of carbonyl (C=O) groups is 1. The van der Waals surface area contributed by atoms with Crippen LogP contribution in [0.3, 0.4) is 0 Å². The smallest absolute Gasteiger partial charge is 0.241 e. The molecule has 1 amide bonds. The lowest BCUT2D eigenvalue weighted by Gasteiger charge is -2.28. The largest absolute Gasteiger partial charge is 0.507 e. The molecule has 0 saturated heterocycles. The highest BCUT2D eigenvalue weighted by Crippen LogP contribution is 2.34. The van der Waals surface area contributed by atoms with E-state index in [4.69, 9.17) is 11.6 Å². The van der Waals surface area contributed by atoms with E-state index in [1.54, 1.807) is 6.07 Å². The van der Waals surface area contributed by atoms with E-state index in [1.807, 2.05) is 35.2 Å². The van der Waals surface area contributed by atoms with Crippen LogP contribution >= 0.6 is 11.6 Å². The Morgan fingerprint density at radius 3 is 2.42 bits per heavy atom. The number of carbonyl (C=O) groups excluding carboxylic acids is 1. The number of halogens is 1. The predicted molar refractivity (Wildman–Crippen MR) is 99.9 cm³/mol. The van der Waals surface area contributed by atoms with E-state index in [0.717, 1.165) is 16.5 Å². The molecule has 1 aliphatic rings. The summed E-state index contributed by atoms with van der Waals surface area (Å²) in [6.07, 6.45) is 7.40. The second-order valence-corrected chi connectivity index (χ2v) is 6.91. The molecule has 0 spiro atoms. The van der Waals surface area contributed by atoms with Crippen LogP contribution in [0.5, 0.6) is 5.75 Å². The maximum absolute atomic E-state index is 12.5. The third-order valence-corrected chi connectivity index (χ3v) is 5.23. The molecule has 0 radical (unpaired) electrons. The molecule has 2 aromatic carbocycles. The molecular weight excluding hydrogens is 322 g/mol. The number of fused-ring (bicyclic) bond motifs is 1. The second kappa shape index (κ2) is 7.89. The van der Waals surface area contributed by atoms with Crippen LogP contribution in [0.4, 0.5) is 5.69 Å². The zero-order valence-electron chi connectivity index (χ0n) is 13.9. The molecule has 0 aliphatic heterocycles. The highest BCUT2D eigenvalue weighted by Gasteiger charge is 2.22. The number of phenolic OH excluding ortho intramolecular Hbond substituents is 1. The van der Waals surface area contributed by atoms with E-state index in [0.29, 0.717) is 12.5 Å². The average molecular weight is 346 g/mol. The van der Waals surface area contributed by atoms with E-state index in [9.17, 15) is 9.90 Å². The van der Waals surface area contributed by atoms with Gasteiger partial charge < -0.3 is 10.0 Å². The van der Waals surface area contributed by atoms with E-state index in [-0.39, 0.29) is 17.5 Å². The second-order valence-electron chi connectivity index (χ2n) is 6.64. The first-order chi connectivity index (χ1) is 11.7. The molecule has 24 heavy (non-hydrogen) atoms. The molecule has 0 atom stereocenters. The fourth-order valence-electron chi connectivity index (χ4n) is 3.72. The molecule has 1 aliphatic carbocycles. The van der Waals surface area contributed by atoms with Gasteiger partial charge in [-0.1, -0.05) is 49.9 Å². The minimum Gasteiger partial charge on any atom is -0.507 e. The van der Waals surface area contributed by atoms with Crippen molar-refractivity contribution in [3.8, 4) is 5.75 Å². The molecule has 1 N–H and O–H groups in total. The van der Waals surface area contributed by atoms with Gasteiger partial charge in [0.25, 0.3) is 0 Å². The monoisotopic (exact) mass is 345 g/mol. The van der Waals surface area contributed by atoms with Crippen molar-refractivity contribution in [2.45, 2.75) is 38.5 Å². The van der Waals surface area contributed by atoms with Gasteiger partial charge in [-0.05, 0) is 30.9 Å². The van der Waals surface area contributed by atoms with Crippen LogP contribution in [-0.4, -0.2) is 23.4 Å². The Kier molecular flexibility index (Phi) is 5.62.